The molecule has 3 aromatic carbocycles. The van der Waals surface area contributed by atoms with Crippen molar-refractivity contribution in [3.63, 3.8) is 0 Å². The van der Waals surface area contributed by atoms with E-state index in [2.05, 4.69) is 0 Å². The van der Waals surface area contributed by atoms with Crippen molar-refractivity contribution in [2.45, 2.75) is 24.6 Å². The van der Waals surface area contributed by atoms with E-state index < -0.39 is 10.9 Å². The van der Waals surface area contributed by atoms with E-state index in [0.717, 1.165) is 16.9 Å². The Hall–Kier alpha value is -3.24. The van der Waals surface area contributed by atoms with Gasteiger partial charge in [0, 0.05) is 5.56 Å². The number of hydrogen-bond donors (Lipinski definition) is 1. The first-order valence-corrected chi connectivity index (χ1v) is 10.2. The van der Waals surface area contributed by atoms with Gasteiger partial charge in [0.2, 0.25) is 0 Å². The summed E-state index contributed by atoms with van der Waals surface area (Å²) in [7, 11) is 0. The van der Waals surface area contributed by atoms with E-state index in [4.69, 9.17) is 22.1 Å². The lowest BCUT2D eigenvalue weighted by atomic mass is 10.0. The highest BCUT2D eigenvalue weighted by atomic mass is 35.5. The molecule has 2 N–H and O–H groups in total. The van der Waals surface area contributed by atoms with E-state index in [0.29, 0.717) is 17.9 Å². The summed E-state index contributed by atoms with van der Waals surface area (Å²) in [5.41, 5.74) is 8.82. The summed E-state index contributed by atoms with van der Waals surface area (Å²) < 4.78 is 6.17. The fourth-order valence-corrected chi connectivity index (χ4v) is 4.09. The van der Waals surface area contributed by atoms with Gasteiger partial charge in [-0.15, -0.1) is 0 Å². The topological polar surface area (TPSA) is 55.6 Å². The standard InChI is InChI=1S/C25H23ClN2O2/c1-25(26)16-15-22(28(25)21-13-7-5-12-20(21)24(27)29)19-11-6-8-14-23(19)30-17-18-9-3-2-4-10-18/h2-16,22H,17H2,1H3,(H2,27,29). The first-order chi connectivity index (χ1) is 14.5. The minimum Gasteiger partial charge on any atom is -0.489 e. The second-order valence-electron chi connectivity index (χ2n) is 7.39. The molecule has 1 heterocycles. The number of carbonyl (C=O) groups is 1. The van der Waals surface area contributed by atoms with Gasteiger partial charge in [0.25, 0.3) is 5.91 Å². The van der Waals surface area contributed by atoms with Gasteiger partial charge in [-0.3, -0.25) is 4.79 Å². The molecule has 1 aliphatic heterocycles. The molecule has 2 atom stereocenters. The Kier molecular flexibility index (Phi) is 5.51. The number of hydrogen-bond acceptors (Lipinski definition) is 3. The Morgan fingerprint density at radius 2 is 1.70 bits per heavy atom. The van der Waals surface area contributed by atoms with Crippen LogP contribution in [0, 0.1) is 0 Å². The molecule has 0 fully saturated rings. The third kappa shape index (κ3) is 3.91. The van der Waals surface area contributed by atoms with Crippen molar-refractivity contribution >= 4 is 23.2 Å². The number of nitrogens with two attached hydrogens (primary N) is 1. The van der Waals surface area contributed by atoms with Gasteiger partial charge in [-0.05, 0) is 36.8 Å². The molecule has 0 radical (unpaired) electrons. The SMILES string of the molecule is CC1(Cl)C=CC(c2ccccc2OCc2ccccc2)N1c1ccccc1C(N)=O. The summed E-state index contributed by atoms with van der Waals surface area (Å²) in [6.45, 7) is 2.36. The van der Waals surface area contributed by atoms with Crippen molar-refractivity contribution in [3.05, 3.63) is 108 Å². The normalized spacial score (nSPS) is 20.3. The van der Waals surface area contributed by atoms with Crippen molar-refractivity contribution in [2.75, 3.05) is 4.90 Å². The summed E-state index contributed by atoms with van der Waals surface area (Å²) in [6.07, 6.45) is 3.97. The smallest absolute Gasteiger partial charge is 0.250 e. The number of primary amides is 1. The fourth-order valence-electron chi connectivity index (χ4n) is 3.82. The Morgan fingerprint density at radius 3 is 2.47 bits per heavy atom. The number of para-hydroxylation sites is 2. The quantitative estimate of drug-likeness (QED) is 0.329. The second kappa shape index (κ2) is 8.25. The van der Waals surface area contributed by atoms with E-state index >= 15 is 0 Å². The summed E-state index contributed by atoms with van der Waals surface area (Å²) in [5, 5.41) is 0. The maximum Gasteiger partial charge on any atom is 0.250 e. The highest BCUT2D eigenvalue weighted by molar-refractivity contribution is 6.27. The van der Waals surface area contributed by atoms with Gasteiger partial charge in [-0.2, -0.15) is 0 Å². The average Bonchev–Trinajstić information content (AvgIpc) is 3.07. The molecule has 0 spiro atoms. The van der Waals surface area contributed by atoms with Crippen LogP contribution < -0.4 is 15.4 Å². The highest BCUT2D eigenvalue weighted by Gasteiger charge is 2.40. The summed E-state index contributed by atoms with van der Waals surface area (Å²) in [5.74, 6) is 0.282. The predicted molar refractivity (Wildman–Crippen MR) is 121 cm³/mol. The van der Waals surface area contributed by atoms with Crippen molar-refractivity contribution in [3.8, 4) is 5.75 Å². The number of carbonyl (C=O) groups excluding carboxylic acids is 1. The van der Waals surface area contributed by atoms with Gasteiger partial charge in [-0.25, -0.2) is 0 Å². The molecule has 1 amide bonds. The fraction of sp³-hybridized carbons (Fsp3) is 0.160. The number of ether oxygens (including phenoxy) is 1. The molecule has 0 aliphatic carbocycles. The van der Waals surface area contributed by atoms with Crippen LogP contribution in [0.1, 0.15) is 34.5 Å². The number of anilines is 1. The van der Waals surface area contributed by atoms with Gasteiger partial charge in [0.1, 0.15) is 17.4 Å². The van der Waals surface area contributed by atoms with Gasteiger partial charge < -0.3 is 15.4 Å². The average molecular weight is 419 g/mol. The molecule has 0 saturated carbocycles. The minimum atomic E-state index is -0.817. The molecule has 3 aromatic rings. The van der Waals surface area contributed by atoms with Crippen molar-refractivity contribution in [1.29, 1.82) is 0 Å². The minimum absolute atomic E-state index is 0.208. The van der Waals surface area contributed by atoms with Crippen LogP contribution in [-0.2, 0) is 6.61 Å². The largest absolute Gasteiger partial charge is 0.489 e. The van der Waals surface area contributed by atoms with E-state index in [9.17, 15) is 4.79 Å². The van der Waals surface area contributed by atoms with Crippen LogP contribution in [0.2, 0.25) is 0 Å². The number of alkyl halides is 1. The van der Waals surface area contributed by atoms with Crippen molar-refractivity contribution in [2.24, 2.45) is 5.73 Å². The van der Waals surface area contributed by atoms with Crippen LogP contribution in [0.25, 0.3) is 0 Å². The first-order valence-electron chi connectivity index (χ1n) is 9.79. The zero-order valence-electron chi connectivity index (χ0n) is 16.7. The molecule has 0 bridgehead atoms. The molecule has 0 aromatic heterocycles. The van der Waals surface area contributed by atoms with Gasteiger partial charge in [-0.1, -0.05) is 78.3 Å². The van der Waals surface area contributed by atoms with E-state index in [1.807, 2.05) is 90.7 Å². The molecule has 4 nitrogen and oxygen atoms in total. The van der Waals surface area contributed by atoms with E-state index in [1.165, 1.54) is 0 Å². The van der Waals surface area contributed by atoms with Gasteiger partial charge >= 0.3 is 0 Å². The zero-order chi connectivity index (χ0) is 21.1. The van der Waals surface area contributed by atoms with Crippen molar-refractivity contribution < 1.29 is 9.53 Å². The molecule has 4 rings (SSSR count). The Balaban J connectivity index is 1.71. The summed E-state index contributed by atoms with van der Waals surface area (Å²) >= 11 is 6.86. The molecule has 1 aliphatic rings. The number of benzene rings is 3. The van der Waals surface area contributed by atoms with Gasteiger partial charge in [0.15, 0.2) is 0 Å². The number of rotatable bonds is 6. The Labute approximate surface area is 181 Å². The maximum absolute atomic E-state index is 12.1. The van der Waals surface area contributed by atoms with Crippen molar-refractivity contribution in [1.82, 2.24) is 0 Å². The molecule has 0 saturated heterocycles. The summed E-state index contributed by atoms with van der Waals surface area (Å²) in [6, 6.07) is 25.0. The lowest BCUT2D eigenvalue weighted by Crippen LogP contribution is -2.39. The van der Waals surface area contributed by atoms with Crippen LogP contribution in [0.15, 0.2) is 91.0 Å². The second-order valence-corrected chi connectivity index (χ2v) is 8.16. The Morgan fingerprint density at radius 1 is 1.03 bits per heavy atom. The monoisotopic (exact) mass is 418 g/mol. The molecule has 2 unspecified atom stereocenters. The van der Waals surface area contributed by atoms with E-state index in [-0.39, 0.29) is 6.04 Å². The summed E-state index contributed by atoms with van der Waals surface area (Å²) in [4.78, 5) is 13.2. The lowest BCUT2D eigenvalue weighted by molar-refractivity contribution is 0.100. The molecular formula is C25H23ClN2O2. The first kappa shape index (κ1) is 20.0. The zero-order valence-corrected chi connectivity index (χ0v) is 17.4. The van der Waals surface area contributed by atoms with Crippen LogP contribution in [0.5, 0.6) is 5.75 Å². The third-order valence-corrected chi connectivity index (χ3v) is 5.54. The van der Waals surface area contributed by atoms with Crippen LogP contribution in [0.3, 0.4) is 0 Å². The molecule has 30 heavy (non-hydrogen) atoms. The molecular weight excluding hydrogens is 396 g/mol. The van der Waals surface area contributed by atoms with Crippen LogP contribution in [0.4, 0.5) is 5.69 Å². The van der Waals surface area contributed by atoms with E-state index in [1.54, 1.807) is 12.1 Å². The number of halogens is 1. The maximum atomic E-state index is 12.1. The van der Waals surface area contributed by atoms with Crippen LogP contribution >= 0.6 is 11.6 Å². The molecule has 5 heteroatoms. The lowest BCUT2D eigenvalue weighted by Gasteiger charge is -2.37. The number of nitrogens with zero attached hydrogens (tertiary/aromatic N) is 1. The predicted octanol–water partition coefficient (Wildman–Crippen LogP) is 5.44. The molecule has 152 valence electrons. The van der Waals surface area contributed by atoms with Crippen LogP contribution in [-0.4, -0.2) is 10.9 Å². The Bertz CT molecular complexity index is 1080. The highest BCUT2D eigenvalue weighted by Crippen LogP contribution is 2.46. The third-order valence-electron chi connectivity index (χ3n) is 5.24. The van der Waals surface area contributed by atoms with Gasteiger partial charge in [0.05, 0.1) is 17.3 Å². The number of amides is 1.